The highest BCUT2D eigenvalue weighted by molar-refractivity contribution is 5.96. The molecular formula is C20H25N3O2. The third-order valence-electron chi connectivity index (χ3n) is 4.04. The van der Waals surface area contributed by atoms with Gasteiger partial charge >= 0.3 is 0 Å². The van der Waals surface area contributed by atoms with Gasteiger partial charge < -0.3 is 14.7 Å². The van der Waals surface area contributed by atoms with E-state index < -0.39 is 0 Å². The van der Waals surface area contributed by atoms with Gasteiger partial charge in [-0.2, -0.15) is 0 Å². The van der Waals surface area contributed by atoms with E-state index in [9.17, 15) is 9.59 Å². The van der Waals surface area contributed by atoms with E-state index in [2.05, 4.69) is 0 Å². The lowest BCUT2D eigenvalue weighted by atomic mass is 10.2. The van der Waals surface area contributed by atoms with Crippen LogP contribution in [0.15, 0.2) is 54.6 Å². The Kier molecular flexibility index (Phi) is 6.17. The molecule has 0 aromatic heterocycles. The maximum Gasteiger partial charge on any atom is 0.254 e. The SMILES string of the molecule is CN(Cc1ccc(N(C)C)cc1)C(=O)CN(C)C(=O)c1ccccc1. The van der Waals surface area contributed by atoms with Gasteiger partial charge in [0, 0.05) is 46.0 Å². The van der Waals surface area contributed by atoms with Crippen LogP contribution in [0.25, 0.3) is 0 Å². The van der Waals surface area contributed by atoms with E-state index in [1.165, 1.54) is 4.90 Å². The van der Waals surface area contributed by atoms with E-state index in [-0.39, 0.29) is 18.4 Å². The van der Waals surface area contributed by atoms with E-state index in [0.717, 1.165) is 11.3 Å². The summed E-state index contributed by atoms with van der Waals surface area (Å²) in [7, 11) is 7.38. The van der Waals surface area contributed by atoms with Gasteiger partial charge in [-0.15, -0.1) is 0 Å². The first-order chi connectivity index (χ1) is 11.9. The van der Waals surface area contributed by atoms with Crippen molar-refractivity contribution >= 4 is 17.5 Å². The molecule has 25 heavy (non-hydrogen) atoms. The van der Waals surface area contributed by atoms with E-state index >= 15 is 0 Å². The third-order valence-corrected chi connectivity index (χ3v) is 4.04. The fraction of sp³-hybridized carbons (Fsp3) is 0.300. The molecule has 0 spiro atoms. The molecule has 0 unspecified atom stereocenters. The number of carbonyl (C=O) groups excluding carboxylic acids is 2. The van der Waals surface area contributed by atoms with E-state index in [1.807, 2.05) is 61.5 Å². The van der Waals surface area contributed by atoms with Crippen molar-refractivity contribution in [3.8, 4) is 0 Å². The van der Waals surface area contributed by atoms with E-state index in [0.29, 0.717) is 12.1 Å². The van der Waals surface area contributed by atoms with Crippen molar-refractivity contribution in [1.82, 2.24) is 9.80 Å². The zero-order valence-corrected chi connectivity index (χ0v) is 15.3. The molecule has 2 amide bonds. The van der Waals surface area contributed by atoms with Crippen molar-refractivity contribution in [2.75, 3.05) is 39.6 Å². The fourth-order valence-electron chi connectivity index (χ4n) is 2.46. The summed E-state index contributed by atoms with van der Waals surface area (Å²) in [6, 6.07) is 17.1. The molecule has 0 aliphatic rings. The molecule has 2 rings (SSSR count). The monoisotopic (exact) mass is 339 g/mol. The second kappa shape index (κ2) is 8.33. The second-order valence-corrected chi connectivity index (χ2v) is 6.34. The number of rotatable bonds is 6. The first-order valence-electron chi connectivity index (χ1n) is 8.19. The first kappa shape index (κ1) is 18.5. The molecule has 0 saturated carbocycles. The Morgan fingerprint density at radius 1 is 0.800 bits per heavy atom. The summed E-state index contributed by atoms with van der Waals surface area (Å²) >= 11 is 0. The van der Waals surface area contributed by atoms with Crippen molar-refractivity contribution in [2.45, 2.75) is 6.54 Å². The Hall–Kier alpha value is -2.82. The molecule has 0 heterocycles. The molecule has 0 radical (unpaired) electrons. The van der Waals surface area contributed by atoms with Crippen LogP contribution in [-0.4, -0.2) is 56.3 Å². The number of amides is 2. The van der Waals surface area contributed by atoms with Crippen LogP contribution in [-0.2, 0) is 11.3 Å². The van der Waals surface area contributed by atoms with Gasteiger partial charge in [0.1, 0.15) is 0 Å². The molecule has 2 aromatic carbocycles. The smallest absolute Gasteiger partial charge is 0.254 e. The predicted molar refractivity (Wildman–Crippen MR) is 101 cm³/mol. The zero-order chi connectivity index (χ0) is 18.4. The lowest BCUT2D eigenvalue weighted by Gasteiger charge is -2.22. The van der Waals surface area contributed by atoms with Gasteiger partial charge in [-0.05, 0) is 29.8 Å². The normalized spacial score (nSPS) is 10.2. The third kappa shape index (κ3) is 5.08. The molecule has 0 aliphatic carbocycles. The number of hydrogen-bond donors (Lipinski definition) is 0. The molecule has 0 bridgehead atoms. The summed E-state index contributed by atoms with van der Waals surface area (Å²) in [6.45, 7) is 0.569. The topological polar surface area (TPSA) is 43.9 Å². The van der Waals surface area contributed by atoms with Crippen LogP contribution in [0.4, 0.5) is 5.69 Å². The van der Waals surface area contributed by atoms with Crippen LogP contribution in [0.2, 0.25) is 0 Å². The Morgan fingerprint density at radius 2 is 1.40 bits per heavy atom. The summed E-state index contributed by atoms with van der Waals surface area (Å²) in [5.41, 5.74) is 2.75. The van der Waals surface area contributed by atoms with Gasteiger partial charge in [0.05, 0.1) is 6.54 Å². The minimum absolute atomic E-state index is 0.0556. The number of likely N-dealkylation sites (N-methyl/N-ethyl adjacent to an activating group) is 2. The lowest BCUT2D eigenvalue weighted by molar-refractivity contribution is -0.130. The highest BCUT2D eigenvalue weighted by atomic mass is 16.2. The van der Waals surface area contributed by atoms with Crippen LogP contribution in [0.5, 0.6) is 0 Å². The van der Waals surface area contributed by atoms with Gasteiger partial charge in [0.15, 0.2) is 0 Å². The summed E-state index contributed by atoms with van der Waals surface area (Å²) in [5.74, 6) is -0.249. The number of hydrogen-bond acceptors (Lipinski definition) is 3. The minimum Gasteiger partial charge on any atom is -0.378 e. The summed E-state index contributed by atoms with van der Waals surface area (Å²) in [4.78, 5) is 29.8. The van der Waals surface area contributed by atoms with Crippen LogP contribution >= 0.6 is 0 Å². The molecule has 2 aromatic rings. The molecule has 0 saturated heterocycles. The molecule has 0 fully saturated rings. The first-order valence-corrected chi connectivity index (χ1v) is 8.19. The quantitative estimate of drug-likeness (QED) is 0.812. The maximum absolute atomic E-state index is 12.4. The summed E-state index contributed by atoms with van der Waals surface area (Å²) in [5, 5.41) is 0. The van der Waals surface area contributed by atoms with Gasteiger partial charge in [0.2, 0.25) is 5.91 Å². The Bertz CT molecular complexity index is 711. The van der Waals surface area contributed by atoms with Crippen molar-refractivity contribution < 1.29 is 9.59 Å². The molecule has 0 atom stereocenters. The molecule has 0 aliphatic heterocycles. The van der Waals surface area contributed by atoms with Crippen LogP contribution < -0.4 is 4.90 Å². The van der Waals surface area contributed by atoms with Gasteiger partial charge in [-0.3, -0.25) is 9.59 Å². The average molecular weight is 339 g/mol. The number of benzene rings is 2. The number of anilines is 1. The van der Waals surface area contributed by atoms with Crippen LogP contribution in [0.3, 0.4) is 0 Å². The Morgan fingerprint density at radius 3 is 1.96 bits per heavy atom. The van der Waals surface area contributed by atoms with Crippen LogP contribution in [0, 0.1) is 0 Å². The van der Waals surface area contributed by atoms with Gasteiger partial charge in [0.25, 0.3) is 5.91 Å². The number of nitrogens with zero attached hydrogens (tertiary/aromatic N) is 3. The fourth-order valence-corrected chi connectivity index (χ4v) is 2.46. The van der Waals surface area contributed by atoms with Crippen molar-refractivity contribution in [3.05, 3.63) is 65.7 Å². The van der Waals surface area contributed by atoms with Crippen LogP contribution in [0.1, 0.15) is 15.9 Å². The zero-order valence-electron chi connectivity index (χ0n) is 15.3. The van der Waals surface area contributed by atoms with Crippen molar-refractivity contribution in [1.29, 1.82) is 0 Å². The van der Waals surface area contributed by atoms with E-state index in [4.69, 9.17) is 0 Å². The van der Waals surface area contributed by atoms with Crippen molar-refractivity contribution in [2.24, 2.45) is 0 Å². The Labute approximate surface area is 149 Å². The number of carbonyl (C=O) groups is 2. The minimum atomic E-state index is -0.155. The molecular weight excluding hydrogens is 314 g/mol. The maximum atomic E-state index is 12.4. The van der Waals surface area contributed by atoms with Crippen molar-refractivity contribution in [3.63, 3.8) is 0 Å². The molecule has 5 heteroatoms. The lowest BCUT2D eigenvalue weighted by Crippen LogP contribution is -2.39. The van der Waals surface area contributed by atoms with E-state index in [1.54, 1.807) is 31.1 Å². The highest BCUT2D eigenvalue weighted by Gasteiger charge is 2.17. The van der Waals surface area contributed by atoms with Gasteiger partial charge in [-0.1, -0.05) is 30.3 Å². The molecule has 5 nitrogen and oxygen atoms in total. The predicted octanol–water partition coefficient (Wildman–Crippen LogP) is 2.48. The molecule has 132 valence electrons. The molecule has 0 N–H and O–H groups in total. The summed E-state index contributed by atoms with van der Waals surface area (Å²) < 4.78 is 0. The second-order valence-electron chi connectivity index (χ2n) is 6.34. The van der Waals surface area contributed by atoms with Gasteiger partial charge in [-0.25, -0.2) is 0 Å². The summed E-state index contributed by atoms with van der Waals surface area (Å²) in [6.07, 6.45) is 0. The largest absolute Gasteiger partial charge is 0.378 e. The Balaban J connectivity index is 1.92. The highest BCUT2D eigenvalue weighted by Crippen LogP contribution is 2.13. The average Bonchev–Trinajstić information content (AvgIpc) is 2.62. The standard InChI is InChI=1S/C20H25N3O2/c1-21(2)18-12-10-16(11-13-18)14-22(3)19(24)15-23(4)20(25)17-8-6-5-7-9-17/h5-13H,14-15H2,1-4H3.